The fourth-order valence-electron chi connectivity index (χ4n) is 1.72. The van der Waals surface area contributed by atoms with Gasteiger partial charge in [0.2, 0.25) is 5.95 Å². The van der Waals surface area contributed by atoms with Crippen LogP contribution in [0.3, 0.4) is 0 Å². The van der Waals surface area contributed by atoms with Gasteiger partial charge >= 0.3 is 0 Å². The largest absolute Gasteiger partial charge is 0.354 e. The molecule has 2 N–H and O–H groups in total. The summed E-state index contributed by atoms with van der Waals surface area (Å²) in [5.74, 6) is 0.429. The Balaban J connectivity index is 1.88. The van der Waals surface area contributed by atoms with Gasteiger partial charge in [-0.15, -0.1) is 0 Å². The standard InChI is InChI=1S/C16H19FN4O/c1-11(2)7-19-16-20-9-13(10-21-16)15(22)18-8-12-3-5-14(17)6-4-12/h3-6,9-11H,7-8H2,1-2H3,(H,18,22)(H,19,20,21). The second-order valence-electron chi connectivity index (χ2n) is 5.38. The maximum atomic E-state index is 12.8. The van der Waals surface area contributed by atoms with Crippen LogP contribution >= 0.6 is 0 Å². The molecule has 2 rings (SSSR count). The SMILES string of the molecule is CC(C)CNc1ncc(C(=O)NCc2ccc(F)cc2)cn1. The summed E-state index contributed by atoms with van der Waals surface area (Å²) in [6.07, 6.45) is 2.96. The van der Waals surface area contributed by atoms with Gasteiger partial charge in [-0.25, -0.2) is 14.4 Å². The van der Waals surface area contributed by atoms with Gasteiger partial charge in [-0.2, -0.15) is 0 Å². The molecule has 0 unspecified atom stereocenters. The van der Waals surface area contributed by atoms with Crippen LogP contribution in [0.25, 0.3) is 0 Å². The van der Waals surface area contributed by atoms with Gasteiger partial charge in [0.15, 0.2) is 0 Å². The molecule has 1 amide bonds. The Morgan fingerprint density at radius 3 is 2.41 bits per heavy atom. The van der Waals surface area contributed by atoms with Gasteiger partial charge in [0.05, 0.1) is 5.56 Å². The lowest BCUT2D eigenvalue weighted by Gasteiger charge is -2.08. The number of hydrogen-bond donors (Lipinski definition) is 2. The smallest absolute Gasteiger partial charge is 0.254 e. The van der Waals surface area contributed by atoms with Gasteiger partial charge in [0.25, 0.3) is 5.91 Å². The van der Waals surface area contributed by atoms with Crippen molar-refractivity contribution in [3.05, 3.63) is 53.6 Å². The molecule has 0 saturated heterocycles. The number of anilines is 1. The maximum absolute atomic E-state index is 12.8. The molecule has 6 heteroatoms. The predicted octanol–water partition coefficient (Wildman–Crippen LogP) is 2.61. The van der Waals surface area contributed by atoms with E-state index in [0.29, 0.717) is 24.0 Å². The number of aromatic nitrogens is 2. The molecular weight excluding hydrogens is 283 g/mol. The number of nitrogens with zero attached hydrogens (tertiary/aromatic N) is 2. The van der Waals surface area contributed by atoms with Crippen LogP contribution in [-0.4, -0.2) is 22.4 Å². The van der Waals surface area contributed by atoms with Gasteiger partial charge < -0.3 is 10.6 Å². The monoisotopic (exact) mass is 302 g/mol. The second kappa shape index (κ2) is 7.49. The Hall–Kier alpha value is -2.50. The zero-order valence-electron chi connectivity index (χ0n) is 12.6. The maximum Gasteiger partial charge on any atom is 0.254 e. The molecular formula is C16H19FN4O. The summed E-state index contributed by atoms with van der Waals surface area (Å²) < 4.78 is 12.8. The minimum absolute atomic E-state index is 0.264. The van der Waals surface area contributed by atoms with Crippen LogP contribution in [0.4, 0.5) is 10.3 Å². The first kappa shape index (κ1) is 15.9. The third kappa shape index (κ3) is 4.80. The Kier molecular flexibility index (Phi) is 5.41. The van der Waals surface area contributed by atoms with E-state index in [2.05, 4.69) is 34.4 Å². The molecule has 22 heavy (non-hydrogen) atoms. The van der Waals surface area contributed by atoms with Gasteiger partial charge in [-0.05, 0) is 23.6 Å². The Morgan fingerprint density at radius 2 is 1.82 bits per heavy atom. The van der Waals surface area contributed by atoms with E-state index in [1.54, 1.807) is 12.1 Å². The summed E-state index contributed by atoms with van der Waals surface area (Å²) in [5.41, 5.74) is 1.21. The summed E-state index contributed by atoms with van der Waals surface area (Å²) >= 11 is 0. The molecule has 1 aromatic heterocycles. The summed E-state index contributed by atoms with van der Waals surface area (Å²) in [6, 6.07) is 5.98. The summed E-state index contributed by atoms with van der Waals surface area (Å²) in [6.45, 7) is 5.27. The molecule has 5 nitrogen and oxygen atoms in total. The van der Waals surface area contributed by atoms with Crippen LogP contribution in [0.2, 0.25) is 0 Å². The van der Waals surface area contributed by atoms with E-state index in [-0.39, 0.29) is 11.7 Å². The van der Waals surface area contributed by atoms with E-state index < -0.39 is 0 Å². The number of rotatable bonds is 6. The zero-order chi connectivity index (χ0) is 15.9. The Bertz CT molecular complexity index is 611. The number of amides is 1. The molecule has 0 spiro atoms. The number of carbonyl (C=O) groups excluding carboxylic acids is 1. The molecule has 0 aliphatic rings. The predicted molar refractivity (Wildman–Crippen MR) is 82.9 cm³/mol. The first-order valence-electron chi connectivity index (χ1n) is 7.13. The average molecular weight is 302 g/mol. The third-order valence-electron chi connectivity index (χ3n) is 2.95. The quantitative estimate of drug-likeness (QED) is 0.861. The van der Waals surface area contributed by atoms with Gasteiger partial charge in [-0.1, -0.05) is 26.0 Å². The third-order valence-corrected chi connectivity index (χ3v) is 2.95. The lowest BCUT2D eigenvalue weighted by atomic mass is 10.2. The number of halogens is 1. The molecule has 0 bridgehead atoms. The zero-order valence-corrected chi connectivity index (χ0v) is 12.6. The molecule has 0 atom stereocenters. The van der Waals surface area contributed by atoms with E-state index in [1.807, 2.05) is 0 Å². The lowest BCUT2D eigenvalue weighted by molar-refractivity contribution is 0.0950. The van der Waals surface area contributed by atoms with Crippen molar-refractivity contribution >= 4 is 11.9 Å². The van der Waals surface area contributed by atoms with Crippen molar-refractivity contribution in [1.29, 1.82) is 0 Å². The van der Waals surface area contributed by atoms with Crippen molar-refractivity contribution in [2.45, 2.75) is 20.4 Å². The Labute approximate surface area is 129 Å². The topological polar surface area (TPSA) is 66.9 Å². The van der Waals surface area contributed by atoms with Crippen LogP contribution in [0.15, 0.2) is 36.7 Å². The normalized spacial score (nSPS) is 10.5. The van der Waals surface area contributed by atoms with Gasteiger partial charge in [-0.3, -0.25) is 4.79 Å². The van der Waals surface area contributed by atoms with Gasteiger partial charge in [0, 0.05) is 25.5 Å². The van der Waals surface area contributed by atoms with E-state index in [9.17, 15) is 9.18 Å². The van der Waals surface area contributed by atoms with Crippen molar-refractivity contribution in [3.8, 4) is 0 Å². The highest BCUT2D eigenvalue weighted by atomic mass is 19.1. The highest BCUT2D eigenvalue weighted by molar-refractivity contribution is 5.93. The summed E-state index contributed by atoms with van der Waals surface area (Å²) in [5, 5.41) is 5.83. The molecule has 0 radical (unpaired) electrons. The molecule has 0 aliphatic heterocycles. The fraction of sp³-hybridized carbons (Fsp3) is 0.312. The molecule has 0 aliphatic carbocycles. The van der Waals surface area contributed by atoms with Crippen molar-refractivity contribution in [2.24, 2.45) is 5.92 Å². The number of nitrogens with one attached hydrogen (secondary N) is 2. The minimum atomic E-state index is -0.298. The van der Waals surface area contributed by atoms with Crippen LogP contribution in [-0.2, 0) is 6.54 Å². The first-order valence-corrected chi connectivity index (χ1v) is 7.13. The van der Waals surface area contributed by atoms with Crippen molar-refractivity contribution in [3.63, 3.8) is 0 Å². The van der Waals surface area contributed by atoms with Crippen LogP contribution in [0.5, 0.6) is 0 Å². The highest BCUT2D eigenvalue weighted by Crippen LogP contribution is 2.04. The van der Waals surface area contributed by atoms with Crippen LogP contribution < -0.4 is 10.6 Å². The number of benzene rings is 1. The molecule has 2 aromatic rings. The van der Waals surface area contributed by atoms with Crippen molar-refractivity contribution in [2.75, 3.05) is 11.9 Å². The van der Waals surface area contributed by atoms with Crippen LogP contribution in [0, 0.1) is 11.7 Å². The molecule has 0 saturated carbocycles. The van der Waals surface area contributed by atoms with E-state index in [4.69, 9.17) is 0 Å². The van der Waals surface area contributed by atoms with E-state index >= 15 is 0 Å². The average Bonchev–Trinajstić information content (AvgIpc) is 2.52. The Morgan fingerprint density at radius 1 is 1.18 bits per heavy atom. The van der Waals surface area contributed by atoms with Gasteiger partial charge in [0.1, 0.15) is 5.82 Å². The van der Waals surface area contributed by atoms with E-state index in [1.165, 1.54) is 24.5 Å². The number of hydrogen-bond acceptors (Lipinski definition) is 4. The van der Waals surface area contributed by atoms with Crippen LogP contribution in [0.1, 0.15) is 29.8 Å². The highest BCUT2D eigenvalue weighted by Gasteiger charge is 2.07. The molecule has 1 heterocycles. The van der Waals surface area contributed by atoms with E-state index in [0.717, 1.165) is 12.1 Å². The number of carbonyl (C=O) groups is 1. The fourth-order valence-corrected chi connectivity index (χ4v) is 1.72. The molecule has 1 aromatic carbocycles. The molecule has 116 valence electrons. The summed E-state index contributed by atoms with van der Waals surface area (Å²) in [4.78, 5) is 20.2. The summed E-state index contributed by atoms with van der Waals surface area (Å²) in [7, 11) is 0. The minimum Gasteiger partial charge on any atom is -0.354 e. The lowest BCUT2D eigenvalue weighted by Crippen LogP contribution is -2.23. The molecule has 0 fully saturated rings. The van der Waals surface area contributed by atoms with Crippen molar-refractivity contribution < 1.29 is 9.18 Å². The first-order chi connectivity index (χ1) is 10.5. The van der Waals surface area contributed by atoms with Crippen molar-refractivity contribution in [1.82, 2.24) is 15.3 Å². The second-order valence-corrected chi connectivity index (χ2v) is 5.38.